The lowest BCUT2D eigenvalue weighted by Gasteiger charge is -2.33. The fourth-order valence-corrected chi connectivity index (χ4v) is 3.38. The number of piperazine rings is 1. The van der Waals surface area contributed by atoms with Gasteiger partial charge in [0, 0.05) is 33.2 Å². The molecule has 2 aromatic rings. The minimum absolute atomic E-state index is 0.243. The molecular weight excluding hydrogens is 390 g/mol. The highest BCUT2D eigenvalue weighted by atomic mass is 32.1. The molecule has 1 aliphatic heterocycles. The summed E-state index contributed by atoms with van der Waals surface area (Å²) in [6.07, 6.45) is -0.243. The normalized spacial score (nSPS) is 14.8. The standard InChI is InChI=1S/C20H29N5O3S/c1-5-27-20(26)24-10-8-23(9-11-24)14-25-19(29)22(4)18(21-25)13-28-17-7-6-15(2)16(3)12-17/h6-7,12H,5,8-11,13-14H2,1-4H3. The number of aromatic nitrogens is 3. The number of carbonyl (C=O) groups excluding carboxylic acids is 1. The van der Waals surface area contributed by atoms with Crippen molar-refractivity contribution in [2.45, 2.75) is 34.0 Å². The van der Waals surface area contributed by atoms with Crippen molar-refractivity contribution in [3.63, 3.8) is 0 Å². The van der Waals surface area contributed by atoms with Crippen LogP contribution in [0.4, 0.5) is 4.79 Å². The molecule has 1 aliphatic rings. The predicted molar refractivity (Wildman–Crippen MR) is 112 cm³/mol. The van der Waals surface area contributed by atoms with E-state index in [1.165, 1.54) is 11.1 Å². The van der Waals surface area contributed by atoms with Crippen LogP contribution in [0.5, 0.6) is 5.75 Å². The summed E-state index contributed by atoms with van der Waals surface area (Å²) in [5.41, 5.74) is 2.44. The first kappa shape index (κ1) is 21.3. The Hall–Kier alpha value is -2.39. The van der Waals surface area contributed by atoms with Crippen LogP contribution >= 0.6 is 12.2 Å². The van der Waals surface area contributed by atoms with Crippen LogP contribution in [-0.4, -0.2) is 63.0 Å². The number of ether oxygens (including phenoxy) is 2. The third-order valence-corrected chi connectivity index (χ3v) is 5.69. The first-order valence-electron chi connectivity index (χ1n) is 9.86. The lowest BCUT2D eigenvalue weighted by molar-refractivity contribution is 0.0689. The van der Waals surface area contributed by atoms with Gasteiger partial charge in [0.2, 0.25) is 0 Å². The topological polar surface area (TPSA) is 64.8 Å². The molecule has 0 saturated carbocycles. The highest BCUT2D eigenvalue weighted by Gasteiger charge is 2.22. The van der Waals surface area contributed by atoms with E-state index in [1.807, 2.05) is 35.4 Å². The van der Waals surface area contributed by atoms with Gasteiger partial charge in [-0.15, -0.1) is 0 Å². The molecule has 1 aromatic carbocycles. The Kier molecular flexibility index (Phi) is 6.92. The number of hydrogen-bond donors (Lipinski definition) is 0. The average molecular weight is 420 g/mol. The SMILES string of the molecule is CCOC(=O)N1CCN(Cn2nc(COc3ccc(C)c(C)c3)n(C)c2=S)CC1. The Morgan fingerprint density at radius 2 is 1.90 bits per heavy atom. The number of carbonyl (C=O) groups is 1. The van der Waals surface area contributed by atoms with Crippen LogP contribution in [0.25, 0.3) is 0 Å². The third-order valence-electron chi connectivity index (χ3n) is 5.21. The minimum atomic E-state index is -0.243. The van der Waals surface area contributed by atoms with Crippen molar-refractivity contribution in [1.82, 2.24) is 24.1 Å². The summed E-state index contributed by atoms with van der Waals surface area (Å²) in [7, 11) is 1.91. The summed E-state index contributed by atoms with van der Waals surface area (Å²) in [6.45, 7) is 10.1. The summed E-state index contributed by atoms with van der Waals surface area (Å²) in [6, 6.07) is 6.05. The first-order valence-corrected chi connectivity index (χ1v) is 10.3. The third kappa shape index (κ3) is 5.16. The van der Waals surface area contributed by atoms with Crippen molar-refractivity contribution in [3.05, 3.63) is 39.9 Å². The number of amides is 1. The van der Waals surface area contributed by atoms with Crippen molar-refractivity contribution in [3.8, 4) is 5.75 Å². The maximum absolute atomic E-state index is 11.8. The van der Waals surface area contributed by atoms with Gasteiger partial charge < -0.3 is 18.9 Å². The van der Waals surface area contributed by atoms with Gasteiger partial charge in [0.1, 0.15) is 12.4 Å². The number of benzene rings is 1. The fraction of sp³-hybridized carbons (Fsp3) is 0.550. The van der Waals surface area contributed by atoms with Gasteiger partial charge in [-0.2, -0.15) is 5.10 Å². The van der Waals surface area contributed by atoms with Crippen LogP contribution in [0, 0.1) is 18.6 Å². The molecule has 0 bridgehead atoms. The van der Waals surface area contributed by atoms with E-state index in [2.05, 4.69) is 29.9 Å². The molecule has 0 aliphatic carbocycles. The van der Waals surface area contributed by atoms with Gasteiger partial charge in [-0.3, -0.25) is 4.90 Å². The molecule has 1 saturated heterocycles. The zero-order valence-electron chi connectivity index (χ0n) is 17.6. The summed E-state index contributed by atoms with van der Waals surface area (Å²) < 4.78 is 15.3. The Bertz CT molecular complexity index is 915. The molecule has 0 N–H and O–H groups in total. The van der Waals surface area contributed by atoms with E-state index >= 15 is 0 Å². The number of aryl methyl sites for hydroxylation is 2. The van der Waals surface area contributed by atoms with Crippen molar-refractivity contribution < 1.29 is 14.3 Å². The van der Waals surface area contributed by atoms with Crippen molar-refractivity contribution in [2.75, 3.05) is 32.8 Å². The lowest BCUT2D eigenvalue weighted by atomic mass is 10.1. The molecule has 1 fully saturated rings. The second kappa shape index (κ2) is 9.41. The molecule has 29 heavy (non-hydrogen) atoms. The van der Waals surface area contributed by atoms with Crippen LogP contribution in [0.15, 0.2) is 18.2 Å². The minimum Gasteiger partial charge on any atom is -0.486 e. The van der Waals surface area contributed by atoms with E-state index in [1.54, 1.807) is 4.90 Å². The van der Waals surface area contributed by atoms with E-state index in [9.17, 15) is 4.79 Å². The molecule has 1 aromatic heterocycles. The van der Waals surface area contributed by atoms with Crippen molar-refractivity contribution in [1.29, 1.82) is 0 Å². The summed E-state index contributed by atoms with van der Waals surface area (Å²) in [5.74, 6) is 1.60. The maximum atomic E-state index is 11.8. The second-order valence-corrected chi connectivity index (χ2v) is 7.60. The molecular formula is C20H29N5O3S. The summed E-state index contributed by atoms with van der Waals surface area (Å²) in [4.78, 5) is 15.8. The Morgan fingerprint density at radius 3 is 2.55 bits per heavy atom. The number of rotatable bonds is 6. The van der Waals surface area contributed by atoms with Gasteiger partial charge in [0.15, 0.2) is 10.6 Å². The highest BCUT2D eigenvalue weighted by molar-refractivity contribution is 7.71. The maximum Gasteiger partial charge on any atom is 0.409 e. The largest absolute Gasteiger partial charge is 0.486 e. The van der Waals surface area contributed by atoms with Gasteiger partial charge in [-0.25, -0.2) is 9.48 Å². The zero-order valence-corrected chi connectivity index (χ0v) is 18.4. The number of nitrogens with zero attached hydrogens (tertiary/aromatic N) is 5. The van der Waals surface area contributed by atoms with E-state index in [4.69, 9.17) is 21.7 Å². The van der Waals surface area contributed by atoms with Crippen LogP contribution < -0.4 is 4.74 Å². The van der Waals surface area contributed by atoms with Gasteiger partial charge in [-0.1, -0.05) is 6.07 Å². The molecule has 9 heteroatoms. The second-order valence-electron chi connectivity index (χ2n) is 7.24. The van der Waals surface area contributed by atoms with Gasteiger partial charge in [0.05, 0.1) is 13.3 Å². The Morgan fingerprint density at radius 1 is 1.17 bits per heavy atom. The lowest BCUT2D eigenvalue weighted by Crippen LogP contribution is -2.49. The van der Waals surface area contributed by atoms with Gasteiger partial charge in [-0.05, 0) is 56.2 Å². The van der Waals surface area contributed by atoms with E-state index < -0.39 is 0 Å². The quantitative estimate of drug-likeness (QED) is 0.671. The molecule has 0 spiro atoms. The van der Waals surface area contributed by atoms with Crippen molar-refractivity contribution >= 4 is 18.3 Å². The predicted octanol–water partition coefficient (Wildman–Crippen LogP) is 2.88. The molecule has 2 heterocycles. The van der Waals surface area contributed by atoms with Crippen LogP contribution in [0.2, 0.25) is 0 Å². The smallest absolute Gasteiger partial charge is 0.409 e. The molecule has 0 radical (unpaired) electrons. The first-order chi connectivity index (χ1) is 13.9. The fourth-order valence-electron chi connectivity index (χ4n) is 3.18. The van der Waals surface area contributed by atoms with Crippen LogP contribution in [0.1, 0.15) is 23.9 Å². The van der Waals surface area contributed by atoms with Gasteiger partial charge in [0.25, 0.3) is 0 Å². The Labute approximate surface area is 176 Å². The van der Waals surface area contributed by atoms with E-state index in [0.29, 0.717) is 37.7 Å². The highest BCUT2D eigenvalue weighted by Crippen LogP contribution is 2.17. The molecule has 8 nitrogen and oxygen atoms in total. The molecule has 3 rings (SSSR count). The van der Waals surface area contributed by atoms with Crippen LogP contribution in [-0.2, 0) is 25.1 Å². The summed E-state index contributed by atoms with van der Waals surface area (Å²) >= 11 is 5.55. The average Bonchev–Trinajstić information content (AvgIpc) is 2.97. The number of hydrogen-bond acceptors (Lipinski definition) is 6. The van der Waals surface area contributed by atoms with E-state index in [0.717, 1.165) is 24.7 Å². The molecule has 0 unspecified atom stereocenters. The zero-order chi connectivity index (χ0) is 21.0. The summed E-state index contributed by atoms with van der Waals surface area (Å²) in [5, 5.41) is 4.65. The molecule has 158 valence electrons. The monoisotopic (exact) mass is 419 g/mol. The van der Waals surface area contributed by atoms with Crippen molar-refractivity contribution in [2.24, 2.45) is 7.05 Å². The Balaban J connectivity index is 1.58. The molecule has 1 amide bonds. The van der Waals surface area contributed by atoms with Crippen LogP contribution in [0.3, 0.4) is 0 Å². The van der Waals surface area contributed by atoms with Gasteiger partial charge >= 0.3 is 6.09 Å². The molecule has 0 atom stereocenters. The van der Waals surface area contributed by atoms with E-state index in [-0.39, 0.29) is 6.09 Å².